The summed E-state index contributed by atoms with van der Waals surface area (Å²) in [6.45, 7) is 6.53. The summed E-state index contributed by atoms with van der Waals surface area (Å²) in [6.07, 6.45) is 3.94. The minimum atomic E-state index is -0.865. The number of hydrogen-bond donors (Lipinski definition) is 2. The number of nitrogens with zero attached hydrogens (tertiary/aromatic N) is 1. The highest BCUT2D eigenvalue weighted by Gasteiger charge is 2.42. The van der Waals surface area contributed by atoms with Crippen molar-refractivity contribution in [3.63, 3.8) is 0 Å². The number of unbranched alkanes of at least 4 members (excludes halogenated alkanes) is 1. The first-order chi connectivity index (χ1) is 13.9. The first-order valence-electron chi connectivity index (χ1n) is 9.69. The van der Waals surface area contributed by atoms with E-state index in [1.807, 2.05) is 13.8 Å². The predicted octanol–water partition coefficient (Wildman–Crippen LogP) is 2.78. The van der Waals surface area contributed by atoms with Crippen molar-refractivity contribution in [2.24, 2.45) is 0 Å². The van der Waals surface area contributed by atoms with Gasteiger partial charge in [-0.1, -0.05) is 13.3 Å². The number of aliphatic hydroxyl groups excluding tert-OH is 1. The zero-order valence-electron chi connectivity index (χ0n) is 17.1. The van der Waals surface area contributed by atoms with Gasteiger partial charge in [-0.3, -0.25) is 0 Å². The van der Waals surface area contributed by atoms with Crippen LogP contribution in [0.5, 0.6) is 5.75 Å². The van der Waals surface area contributed by atoms with Gasteiger partial charge in [0.15, 0.2) is 0 Å². The summed E-state index contributed by atoms with van der Waals surface area (Å²) >= 11 is 0. The van der Waals surface area contributed by atoms with Crippen molar-refractivity contribution in [2.45, 2.75) is 51.4 Å². The average molecular weight is 400 g/mol. The maximum Gasteiger partial charge on any atom is 0.137 e. The first kappa shape index (κ1) is 22.5. The van der Waals surface area contributed by atoms with Gasteiger partial charge in [-0.15, -0.1) is 0 Å². The molecule has 0 aromatic heterocycles. The van der Waals surface area contributed by atoms with E-state index in [0.717, 1.165) is 12.8 Å². The Morgan fingerprint density at radius 3 is 2.93 bits per heavy atom. The van der Waals surface area contributed by atoms with E-state index in [0.29, 0.717) is 29.2 Å². The van der Waals surface area contributed by atoms with E-state index in [1.54, 1.807) is 30.3 Å². The van der Waals surface area contributed by atoms with E-state index < -0.39 is 17.7 Å². The molecule has 7 nitrogen and oxygen atoms in total. The quantitative estimate of drug-likeness (QED) is 0.354. The van der Waals surface area contributed by atoms with Gasteiger partial charge in [-0.05, 0) is 38.5 Å². The second kappa shape index (κ2) is 10.7. The Bertz CT molecular complexity index is 806. The largest absolute Gasteiger partial charge is 0.494 e. The number of ether oxygens (including phenoxy) is 3. The van der Waals surface area contributed by atoms with Gasteiger partial charge in [-0.25, -0.2) is 4.79 Å². The fraction of sp³-hybridized carbons (Fsp3) is 0.500. The molecule has 29 heavy (non-hydrogen) atoms. The van der Waals surface area contributed by atoms with Crippen molar-refractivity contribution >= 4 is 5.94 Å². The van der Waals surface area contributed by atoms with Gasteiger partial charge >= 0.3 is 0 Å². The standard InChI is InChI=1S/C22H28N2O5/c1-4-5-11-28-17(15-27-10-6-9-25)14-24-20-18-12-16(13-23)7-8-19(18)29-22(2,3)21(20)26/h6-8,12,14,20-21,24,26H,4-5,10-11,15H2,1-3H3/t20-,21+/m1/s1. The lowest BCUT2D eigenvalue weighted by Crippen LogP contribution is -2.51. The summed E-state index contributed by atoms with van der Waals surface area (Å²) in [5, 5.41) is 23.3. The van der Waals surface area contributed by atoms with Gasteiger partial charge in [0.2, 0.25) is 0 Å². The summed E-state index contributed by atoms with van der Waals surface area (Å²) < 4.78 is 17.1. The van der Waals surface area contributed by atoms with Crippen LogP contribution < -0.4 is 10.1 Å². The van der Waals surface area contributed by atoms with Crippen molar-refractivity contribution in [1.82, 2.24) is 5.32 Å². The molecule has 2 atom stereocenters. The molecule has 0 saturated heterocycles. The van der Waals surface area contributed by atoms with Crippen LogP contribution in [0.3, 0.4) is 0 Å². The number of hydrogen-bond acceptors (Lipinski definition) is 7. The summed E-state index contributed by atoms with van der Waals surface area (Å²) in [6, 6.07) is 6.76. The van der Waals surface area contributed by atoms with Crippen LogP contribution in [0.2, 0.25) is 0 Å². The smallest absolute Gasteiger partial charge is 0.137 e. The maximum atomic E-state index is 10.9. The fourth-order valence-electron chi connectivity index (χ4n) is 2.96. The molecule has 1 heterocycles. The van der Waals surface area contributed by atoms with Crippen molar-refractivity contribution in [1.29, 1.82) is 5.26 Å². The molecule has 2 N–H and O–H groups in total. The highest BCUT2D eigenvalue weighted by Crippen LogP contribution is 2.40. The Morgan fingerprint density at radius 2 is 2.24 bits per heavy atom. The minimum Gasteiger partial charge on any atom is -0.494 e. The molecule has 156 valence electrons. The second-order valence-electron chi connectivity index (χ2n) is 7.31. The molecule has 7 heteroatoms. The van der Waals surface area contributed by atoms with E-state index in [9.17, 15) is 15.2 Å². The summed E-state index contributed by atoms with van der Waals surface area (Å²) in [4.78, 5) is 10.3. The van der Waals surface area contributed by atoms with Crippen LogP contribution in [0, 0.1) is 11.3 Å². The van der Waals surface area contributed by atoms with E-state index in [4.69, 9.17) is 14.2 Å². The number of rotatable bonds is 10. The van der Waals surface area contributed by atoms with Crippen molar-refractivity contribution < 1.29 is 24.1 Å². The normalized spacial score (nSPS) is 19.9. The van der Waals surface area contributed by atoms with Gasteiger partial charge in [0.1, 0.15) is 35.8 Å². The monoisotopic (exact) mass is 400 g/mol. The molecule has 1 aromatic carbocycles. The highest BCUT2D eigenvalue weighted by molar-refractivity contribution is 5.46. The Morgan fingerprint density at radius 1 is 1.45 bits per heavy atom. The van der Waals surface area contributed by atoms with Gasteiger partial charge < -0.3 is 24.6 Å². The minimum absolute atomic E-state index is 0.138. The molecule has 0 unspecified atom stereocenters. The van der Waals surface area contributed by atoms with Crippen molar-refractivity contribution in [3.8, 4) is 11.8 Å². The molecule has 0 amide bonds. The van der Waals surface area contributed by atoms with Gasteiger partial charge in [0, 0.05) is 17.8 Å². The number of carbonyl (C=O) groups excluding carboxylic acids is 1. The maximum absolute atomic E-state index is 10.9. The Labute approximate surface area is 171 Å². The molecule has 0 fully saturated rings. The molecular weight excluding hydrogens is 372 g/mol. The van der Waals surface area contributed by atoms with Crippen molar-refractivity contribution in [2.75, 3.05) is 19.8 Å². The second-order valence-corrected chi connectivity index (χ2v) is 7.31. The zero-order chi connectivity index (χ0) is 21.3. The molecule has 0 bridgehead atoms. The molecule has 1 aliphatic rings. The van der Waals surface area contributed by atoms with E-state index in [1.165, 1.54) is 6.08 Å². The van der Waals surface area contributed by atoms with Gasteiger partial charge in [-0.2, -0.15) is 5.26 Å². The third-order valence-electron chi connectivity index (χ3n) is 4.61. The topological polar surface area (TPSA) is 101 Å². The molecule has 0 spiro atoms. The van der Waals surface area contributed by atoms with Crippen LogP contribution in [-0.4, -0.2) is 42.6 Å². The van der Waals surface area contributed by atoms with Crippen LogP contribution >= 0.6 is 0 Å². The molecule has 0 aliphatic carbocycles. The summed E-state index contributed by atoms with van der Waals surface area (Å²) in [5.74, 6) is 2.83. The number of nitrogens with one attached hydrogen (secondary N) is 1. The molecule has 2 rings (SSSR count). The number of nitriles is 1. The molecule has 1 aliphatic heterocycles. The third kappa shape index (κ3) is 6.10. The Balaban J connectivity index is 2.24. The molecular formula is C22H28N2O5. The van der Waals surface area contributed by atoms with E-state index in [-0.39, 0.29) is 13.2 Å². The summed E-state index contributed by atoms with van der Waals surface area (Å²) in [5.41, 5.74) is 0.365. The summed E-state index contributed by atoms with van der Waals surface area (Å²) in [7, 11) is 0. The lowest BCUT2D eigenvalue weighted by atomic mass is 9.86. The Kier molecular flexibility index (Phi) is 8.29. The predicted molar refractivity (Wildman–Crippen MR) is 108 cm³/mol. The lowest BCUT2D eigenvalue weighted by molar-refractivity contribution is -0.0623. The fourth-order valence-corrected chi connectivity index (χ4v) is 2.96. The van der Waals surface area contributed by atoms with E-state index >= 15 is 0 Å². The van der Waals surface area contributed by atoms with Gasteiger partial charge in [0.25, 0.3) is 0 Å². The highest BCUT2D eigenvalue weighted by atomic mass is 16.5. The molecule has 0 radical (unpaired) electrons. The molecule has 1 aromatic rings. The number of fused-ring (bicyclic) bond motifs is 1. The number of aliphatic hydroxyl groups is 1. The van der Waals surface area contributed by atoms with Crippen LogP contribution in [0.4, 0.5) is 0 Å². The number of benzene rings is 1. The third-order valence-corrected chi connectivity index (χ3v) is 4.61. The molecule has 0 saturated carbocycles. The van der Waals surface area contributed by atoms with Crippen LogP contribution in [0.1, 0.15) is 50.8 Å². The Hall–Kier alpha value is -2.78. The van der Waals surface area contributed by atoms with Crippen LogP contribution in [-0.2, 0) is 14.3 Å². The van der Waals surface area contributed by atoms with Crippen LogP contribution in [0.15, 0.2) is 36.2 Å². The lowest BCUT2D eigenvalue weighted by Gasteiger charge is -2.42. The average Bonchev–Trinajstić information content (AvgIpc) is 2.70. The zero-order valence-corrected chi connectivity index (χ0v) is 17.1. The SMILES string of the molecule is CCCCOC(=CN[C@@H]1c2cc(C#N)ccc2OC(C)(C)[C@H]1O)COCC=C=O. The van der Waals surface area contributed by atoms with Gasteiger partial charge in [0.05, 0.1) is 30.9 Å². The van der Waals surface area contributed by atoms with E-state index in [2.05, 4.69) is 18.3 Å². The first-order valence-corrected chi connectivity index (χ1v) is 9.69. The van der Waals surface area contributed by atoms with Crippen LogP contribution in [0.25, 0.3) is 0 Å². The van der Waals surface area contributed by atoms with Crippen molar-refractivity contribution in [3.05, 3.63) is 47.4 Å².